The summed E-state index contributed by atoms with van der Waals surface area (Å²) >= 11 is 0. The highest BCUT2D eigenvalue weighted by molar-refractivity contribution is 5.91. The summed E-state index contributed by atoms with van der Waals surface area (Å²) in [7, 11) is 0. The number of carbonyl (C=O) groups is 1. The summed E-state index contributed by atoms with van der Waals surface area (Å²) < 4.78 is 19.2. The third-order valence-corrected chi connectivity index (χ3v) is 3.23. The SMILES string of the molecule is CC(C)OCC(=O)Nc1ccc(N2CCCC2)c(F)c1. The predicted octanol–water partition coefficient (Wildman–Crippen LogP) is 2.79. The average molecular weight is 280 g/mol. The van der Waals surface area contributed by atoms with Gasteiger partial charge in [-0.05, 0) is 44.9 Å². The Kier molecular flexibility index (Phi) is 4.95. The number of hydrogen-bond acceptors (Lipinski definition) is 3. The molecule has 0 saturated carbocycles. The Bertz CT molecular complexity index is 471. The molecular formula is C15H21FN2O2. The van der Waals surface area contributed by atoms with Crippen molar-refractivity contribution in [2.45, 2.75) is 32.8 Å². The minimum atomic E-state index is -0.297. The first-order valence-electron chi connectivity index (χ1n) is 7.02. The van der Waals surface area contributed by atoms with Gasteiger partial charge in [0.1, 0.15) is 12.4 Å². The molecule has 1 N–H and O–H groups in total. The standard InChI is InChI=1S/C15H21FN2O2/c1-11(2)20-10-15(19)17-12-5-6-14(13(16)9-12)18-7-3-4-8-18/h5-6,9,11H,3-4,7-8,10H2,1-2H3,(H,17,19). The molecule has 1 aliphatic heterocycles. The number of rotatable bonds is 5. The molecule has 0 atom stereocenters. The van der Waals surface area contributed by atoms with Crippen LogP contribution in [-0.4, -0.2) is 31.7 Å². The van der Waals surface area contributed by atoms with Crippen molar-refractivity contribution >= 4 is 17.3 Å². The maximum atomic E-state index is 14.0. The van der Waals surface area contributed by atoms with Crippen molar-refractivity contribution in [3.8, 4) is 0 Å². The number of hydrogen-bond donors (Lipinski definition) is 1. The Hall–Kier alpha value is -1.62. The van der Waals surface area contributed by atoms with Crippen LogP contribution < -0.4 is 10.2 Å². The molecule has 1 heterocycles. The zero-order chi connectivity index (χ0) is 14.5. The molecule has 1 amide bonds. The number of amides is 1. The summed E-state index contributed by atoms with van der Waals surface area (Å²) in [6, 6.07) is 4.81. The molecule has 1 aliphatic rings. The molecule has 0 aliphatic carbocycles. The lowest BCUT2D eigenvalue weighted by atomic mass is 10.2. The molecule has 2 rings (SSSR count). The summed E-state index contributed by atoms with van der Waals surface area (Å²) in [6.45, 7) is 5.48. The Morgan fingerprint density at radius 3 is 2.70 bits per heavy atom. The monoisotopic (exact) mass is 280 g/mol. The van der Waals surface area contributed by atoms with Crippen LogP contribution in [-0.2, 0) is 9.53 Å². The molecule has 5 heteroatoms. The Morgan fingerprint density at radius 2 is 2.10 bits per heavy atom. The van der Waals surface area contributed by atoms with Gasteiger partial charge in [-0.15, -0.1) is 0 Å². The molecule has 1 aromatic rings. The topological polar surface area (TPSA) is 41.6 Å². The van der Waals surface area contributed by atoms with E-state index in [4.69, 9.17) is 4.74 Å². The molecule has 0 aromatic heterocycles. The van der Waals surface area contributed by atoms with E-state index in [-0.39, 0.29) is 24.4 Å². The molecule has 20 heavy (non-hydrogen) atoms. The van der Waals surface area contributed by atoms with Crippen LogP contribution in [0.25, 0.3) is 0 Å². The van der Waals surface area contributed by atoms with Gasteiger partial charge < -0.3 is 15.0 Å². The van der Waals surface area contributed by atoms with Gasteiger partial charge in [-0.3, -0.25) is 4.79 Å². The number of nitrogens with one attached hydrogen (secondary N) is 1. The van der Waals surface area contributed by atoms with E-state index in [0.29, 0.717) is 11.4 Å². The molecule has 1 saturated heterocycles. The van der Waals surface area contributed by atoms with Crippen molar-refractivity contribution in [2.24, 2.45) is 0 Å². The number of halogens is 1. The quantitative estimate of drug-likeness (QED) is 0.901. The van der Waals surface area contributed by atoms with Gasteiger partial charge in [0, 0.05) is 18.8 Å². The van der Waals surface area contributed by atoms with Crippen LogP contribution in [0, 0.1) is 5.82 Å². The summed E-state index contributed by atoms with van der Waals surface area (Å²) in [5, 5.41) is 2.63. The first kappa shape index (κ1) is 14.8. The highest BCUT2D eigenvalue weighted by Gasteiger charge is 2.16. The molecule has 4 nitrogen and oxygen atoms in total. The van der Waals surface area contributed by atoms with Crippen LogP contribution >= 0.6 is 0 Å². The Balaban J connectivity index is 1.96. The van der Waals surface area contributed by atoms with E-state index in [0.717, 1.165) is 25.9 Å². The minimum absolute atomic E-state index is 0.00460. The van der Waals surface area contributed by atoms with Crippen LogP contribution in [0.15, 0.2) is 18.2 Å². The van der Waals surface area contributed by atoms with Crippen molar-refractivity contribution in [1.82, 2.24) is 0 Å². The van der Waals surface area contributed by atoms with Crippen LogP contribution in [0.2, 0.25) is 0 Å². The summed E-state index contributed by atoms with van der Waals surface area (Å²) in [4.78, 5) is 13.6. The largest absolute Gasteiger partial charge is 0.369 e. The smallest absolute Gasteiger partial charge is 0.250 e. The molecule has 0 spiro atoms. The maximum Gasteiger partial charge on any atom is 0.250 e. The van der Waals surface area contributed by atoms with Crippen molar-refractivity contribution in [3.05, 3.63) is 24.0 Å². The van der Waals surface area contributed by atoms with E-state index >= 15 is 0 Å². The third kappa shape index (κ3) is 3.93. The van der Waals surface area contributed by atoms with Gasteiger partial charge in [-0.25, -0.2) is 4.39 Å². The van der Waals surface area contributed by atoms with E-state index in [1.807, 2.05) is 18.7 Å². The van der Waals surface area contributed by atoms with Crippen molar-refractivity contribution in [2.75, 3.05) is 29.9 Å². The fraction of sp³-hybridized carbons (Fsp3) is 0.533. The second kappa shape index (κ2) is 6.70. The lowest BCUT2D eigenvalue weighted by molar-refractivity contribution is -0.121. The molecular weight excluding hydrogens is 259 g/mol. The van der Waals surface area contributed by atoms with E-state index in [2.05, 4.69) is 5.32 Å². The molecule has 1 aromatic carbocycles. The van der Waals surface area contributed by atoms with Crippen molar-refractivity contribution < 1.29 is 13.9 Å². The van der Waals surface area contributed by atoms with Gasteiger partial charge in [-0.1, -0.05) is 0 Å². The van der Waals surface area contributed by atoms with Crippen LogP contribution in [0.3, 0.4) is 0 Å². The maximum absolute atomic E-state index is 14.0. The Morgan fingerprint density at radius 1 is 1.40 bits per heavy atom. The third-order valence-electron chi connectivity index (χ3n) is 3.23. The van der Waals surface area contributed by atoms with E-state index in [1.165, 1.54) is 6.07 Å². The zero-order valence-electron chi connectivity index (χ0n) is 12.0. The van der Waals surface area contributed by atoms with Crippen LogP contribution in [0.4, 0.5) is 15.8 Å². The highest BCUT2D eigenvalue weighted by Crippen LogP contribution is 2.25. The van der Waals surface area contributed by atoms with Crippen molar-refractivity contribution in [3.63, 3.8) is 0 Å². The van der Waals surface area contributed by atoms with Gasteiger partial charge in [0.05, 0.1) is 11.8 Å². The minimum Gasteiger partial charge on any atom is -0.369 e. The van der Waals surface area contributed by atoms with Crippen LogP contribution in [0.1, 0.15) is 26.7 Å². The number of anilines is 2. The van der Waals surface area contributed by atoms with Crippen molar-refractivity contribution in [1.29, 1.82) is 0 Å². The number of carbonyl (C=O) groups excluding carboxylic acids is 1. The summed E-state index contributed by atoms with van der Waals surface area (Å²) in [6.07, 6.45) is 2.20. The zero-order valence-corrected chi connectivity index (χ0v) is 12.0. The predicted molar refractivity (Wildman–Crippen MR) is 77.6 cm³/mol. The second-order valence-electron chi connectivity index (χ2n) is 5.27. The average Bonchev–Trinajstić information content (AvgIpc) is 2.90. The van der Waals surface area contributed by atoms with Crippen LogP contribution in [0.5, 0.6) is 0 Å². The number of nitrogens with zero attached hydrogens (tertiary/aromatic N) is 1. The Labute approximate surface area is 118 Å². The number of ether oxygens (including phenoxy) is 1. The highest BCUT2D eigenvalue weighted by atomic mass is 19.1. The van der Waals surface area contributed by atoms with E-state index in [9.17, 15) is 9.18 Å². The molecule has 0 bridgehead atoms. The fourth-order valence-corrected chi connectivity index (χ4v) is 2.24. The number of benzene rings is 1. The lowest BCUT2D eigenvalue weighted by Gasteiger charge is -2.19. The van der Waals surface area contributed by atoms with Gasteiger partial charge in [0.25, 0.3) is 0 Å². The van der Waals surface area contributed by atoms with Gasteiger partial charge in [0.15, 0.2) is 0 Å². The fourth-order valence-electron chi connectivity index (χ4n) is 2.24. The first-order valence-corrected chi connectivity index (χ1v) is 7.02. The van der Waals surface area contributed by atoms with Gasteiger partial charge in [0.2, 0.25) is 5.91 Å². The molecule has 110 valence electrons. The van der Waals surface area contributed by atoms with Gasteiger partial charge in [-0.2, -0.15) is 0 Å². The van der Waals surface area contributed by atoms with E-state index in [1.54, 1.807) is 12.1 Å². The molecule has 0 radical (unpaired) electrons. The first-order chi connectivity index (χ1) is 9.56. The normalized spacial score (nSPS) is 14.9. The second-order valence-corrected chi connectivity index (χ2v) is 5.27. The lowest BCUT2D eigenvalue weighted by Crippen LogP contribution is -2.21. The summed E-state index contributed by atoms with van der Waals surface area (Å²) in [5.74, 6) is -0.568. The molecule has 0 unspecified atom stereocenters. The summed E-state index contributed by atoms with van der Waals surface area (Å²) in [5.41, 5.74) is 1.07. The van der Waals surface area contributed by atoms with Gasteiger partial charge >= 0.3 is 0 Å². The molecule has 1 fully saturated rings. The van der Waals surface area contributed by atoms with E-state index < -0.39 is 0 Å².